The molecule has 0 aliphatic heterocycles. The highest BCUT2D eigenvalue weighted by Gasteiger charge is 2.24. The summed E-state index contributed by atoms with van der Waals surface area (Å²) in [5.41, 5.74) is 0.348. The first-order valence-corrected chi connectivity index (χ1v) is 8.24. The van der Waals surface area contributed by atoms with E-state index in [-0.39, 0.29) is 0 Å². The summed E-state index contributed by atoms with van der Waals surface area (Å²) >= 11 is 3.64. The van der Waals surface area contributed by atoms with Gasteiger partial charge in [0.1, 0.15) is 0 Å². The lowest BCUT2D eigenvalue weighted by molar-refractivity contribution is 0.198. The molecule has 0 unspecified atom stereocenters. The van der Waals surface area contributed by atoms with E-state index >= 15 is 0 Å². The summed E-state index contributed by atoms with van der Waals surface area (Å²) in [4.78, 5) is 0. The number of halogens is 1. The minimum Gasteiger partial charge on any atom is -0.490 e. The number of hydrogen-bond donors (Lipinski definition) is 0. The zero-order chi connectivity index (χ0) is 14.1. The fraction of sp³-hybridized carbons (Fsp3) is 0.625. The fourth-order valence-corrected chi connectivity index (χ4v) is 3.15. The molecule has 1 aromatic rings. The highest BCUT2D eigenvalue weighted by atomic mass is 79.9. The van der Waals surface area contributed by atoms with Gasteiger partial charge in [0.2, 0.25) is 0 Å². The zero-order valence-corrected chi connectivity index (χ0v) is 13.8. The molecule has 2 nitrogen and oxygen atoms in total. The summed E-state index contributed by atoms with van der Waals surface area (Å²) in [5.74, 6) is 1.68. The Morgan fingerprint density at radius 2 is 1.58 bits per heavy atom. The van der Waals surface area contributed by atoms with Gasteiger partial charge in [-0.15, -0.1) is 0 Å². The second-order valence-corrected chi connectivity index (χ2v) is 5.38. The molecular formula is C16H25BrO2. The lowest BCUT2D eigenvalue weighted by Crippen LogP contribution is -2.23. The predicted molar refractivity (Wildman–Crippen MR) is 84.5 cm³/mol. The molecule has 0 spiro atoms. The Hall–Kier alpha value is -0.700. The smallest absolute Gasteiger partial charge is 0.161 e. The molecule has 0 bridgehead atoms. The Bertz CT molecular complexity index is 353. The summed E-state index contributed by atoms with van der Waals surface area (Å²) in [6.45, 7) is 7.88. The Morgan fingerprint density at radius 1 is 1.00 bits per heavy atom. The van der Waals surface area contributed by atoms with E-state index in [4.69, 9.17) is 9.47 Å². The molecule has 108 valence electrons. The molecule has 19 heavy (non-hydrogen) atoms. The SMILES string of the molecule is CCOc1ccccc1OCCC(CC)(CC)CBr. The van der Waals surface area contributed by atoms with Crippen LogP contribution in [0, 0.1) is 5.41 Å². The largest absolute Gasteiger partial charge is 0.490 e. The van der Waals surface area contributed by atoms with Crippen molar-refractivity contribution in [3.63, 3.8) is 0 Å². The topological polar surface area (TPSA) is 18.5 Å². The van der Waals surface area contributed by atoms with Gasteiger partial charge in [0, 0.05) is 5.33 Å². The highest BCUT2D eigenvalue weighted by molar-refractivity contribution is 9.09. The van der Waals surface area contributed by atoms with Crippen molar-refractivity contribution in [2.45, 2.75) is 40.0 Å². The van der Waals surface area contributed by atoms with E-state index in [1.807, 2.05) is 31.2 Å². The Balaban J connectivity index is 2.57. The number of rotatable bonds is 9. The summed E-state index contributed by atoms with van der Waals surface area (Å²) in [6.07, 6.45) is 3.40. The van der Waals surface area contributed by atoms with E-state index in [1.165, 1.54) is 12.8 Å². The third-order valence-corrected chi connectivity index (χ3v) is 5.01. The van der Waals surface area contributed by atoms with Gasteiger partial charge < -0.3 is 9.47 Å². The molecule has 0 amide bonds. The number of alkyl halides is 1. The van der Waals surface area contributed by atoms with Gasteiger partial charge in [-0.25, -0.2) is 0 Å². The van der Waals surface area contributed by atoms with Crippen LogP contribution < -0.4 is 9.47 Å². The van der Waals surface area contributed by atoms with Gasteiger partial charge in [-0.05, 0) is 43.7 Å². The van der Waals surface area contributed by atoms with Crippen molar-refractivity contribution in [2.24, 2.45) is 5.41 Å². The molecule has 0 N–H and O–H groups in total. The molecule has 3 heteroatoms. The molecule has 0 radical (unpaired) electrons. The van der Waals surface area contributed by atoms with E-state index < -0.39 is 0 Å². The van der Waals surface area contributed by atoms with Gasteiger partial charge in [-0.2, -0.15) is 0 Å². The van der Waals surface area contributed by atoms with Crippen molar-refractivity contribution >= 4 is 15.9 Å². The maximum absolute atomic E-state index is 5.90. The molecule has 1 rings (SSSR count). The molecule has 0 aliphatic rings. The van der Waals surface area contributed by atoms with Crippen molar-refractivity contribution in [1.29, 1.82) is 0 Å². The van der Waals surface area contributed by atoms with Crippen molar-refractivity contribution < 1.29 is 9.47 Å². The van der Waals surface area contributed by atoms with Gasteiger partial charge in [-0.1, -0.05) is 41.9 Å². The van der Waals surface area contributed by atoms with Gasteiger partial charge in [-0.3, -0.25) is 0 Å². The maximum atomic E-state index is 5.90. The first-order valence-electron chi connectivity index (χ1n) is 7.12. The molecule has 0 saturated heterocycles. The lowest BCUT2D eigenvalue weighted by Gasteiger charge is -2.29. The molecule has 0 atom stereocenters. The molecule has 0 aromatic heterocycles. The van der Waals surface area contributed by atoms with Crippen molar-refractivity contribution in [3.8, 4) is 11.5 Å². The van der Waals surface area contributed by atoms with E-state index in [2.05, 4.69) is 29.8 Å². The quantitative estimate of drug-likeness (QED) is 0.590. The predicted octanol–water partition coefficient (Wildman–Crippen LogP) is 5.06. The third kappa shape index (κ3) is 4.72. The standard InChI is InChI=1S/C16H25BrO2/c1-4-16(5-2,13-17)11-12-19-15-10-8-7-9-14(15)18-6-3/h7-10H,4-6,11-13H2,1-3H3. The van der Waals surface area contributed by atoms with Crippen molar-refractivity contribution in [2.75, 3.05) is 18.5 Å². The average Bonchev–Trinajstić information content (AvgIpc) is 2.46. The normalized spacial score (nSPS) is 11.4. The van der Waals surface area contributed by atoms with E-state index in [0.717, 1.165) is 29.9 Å². The van der Waals surface area contributed by atoms with Gasteiger partial charge in [0.15, 0.2) is 11.5 Å². The summed E-state index contributed by atoms with van der Waals surface area (Å²) < 4.78 is 11.5. The van der Waals surface area contributed by atoms with E-state index in [1.54, 1.807) is 0 Å². The Morgan fingerprint density at radius 3 is 2.05 bits per heavy atom. The monoisotopic (exact) mass is 328 g/mol. The number of ether oxygens (including phenoxy) is 2. The van der Waals surface area contributed by atoms with Crippen molar-refractivity contribution in [3.05, 3.63) is 24.3 Å². The Kier molecular flexibility index (Phi) is 7.29. The van der Waals surface area contributed by atoms with Crippen LogP contribution in [0.15, 0.2) is 24.3 Å². The Labute approximate surface area is 125 Å². The molecular weight excluding hydrogens is 304 g/mol. The van der Waals surface area contributed by atoms with Gasteiger partial charge >= 0.3 is 0 Å². The van der Waals surface area contributed by atoms with Crippen LogP contribution in [-0.2, 0) is 0 Å². The van der Waals surface area contributed by atoms with E-state index in [0.29, 0.717) is 12.0 Å². The molecule has 0 saturated carbocycles. The van der Waals surface area contributed by atoms with Crippen LogP contribution in [0.4, 0.5) is 0 Å². The number of benzene rings is 1. The lowest BCUT2D eigenvalue weighted by atomic mass is 9.82. The number of para-hydroxylation sites is 2. The first-order chi connectivity index (χ1) is 9.21. The fourth-order valence-electron chi connectivity index (χ4n) is 2.08. The highest BCUT2D eigenvalue weighted by Crippen LogP contribution is 2.33. The zero-order valence-electron chi connectivity index (χ0n) is 12.2. The molecule has 1 aromatic carbocycles. The summed E-state index contributed by atoms with van der Waals surface area (Å²) in [5, 5.41) is 1.03. The number of hydrogen-bond acceptors (Lipinski definition) is 2. The molecule has 0 aliphatic carbocycles. The van der Waals surface area contributed by atoms with Crippen LogP contribution in [0.2, 0.25) is 0 Å². The van der Waals surface area contributed by atoms with Crippen LogP contribution >= 0.6 is 15.9 Å². The van der Waals surface area contributed by atoms with Crippen LogP contribution in [0.25, 0.3) is 0 Å². The van der Waals surface area contributed by atoms with Gasteiger partial charge in [0.25, 0.3) is 0 Å². The van der Waals surface area contributed by atoms with Crippen LogP contribution in [-0.4, -0.2) is 18.5 Å². The van der Waals surface area contributed by atoms with E-state index in [9.17, 15) is 0 Å². The summed E-state index contributed by atoms with van der Waals surface area (Å²) in [7, 11) is 0. The maximum Gasteiger partial charge on any atom is 0.161 e. The van der Waals surface area contributed by atoms with Crippen molar-refractivity contribution in [1.82, 2.24) is 0 Å². The molecule has 0 fully saturated rings. The second-order valence-electron chi connectivity index (χ2n) is 4.82. The third-order valence-electron chi connectivity index (χ3n) is 3.82. The van der Waals surface area contributed by atoms with Crippen LogP contribution in [0.1, 0.15) is 40.0 Å². The molecule has 0 heterocycles. The minimum atomic E-state index is 0.348. The second kappa shape index (κ2) is 8.47. The van der Waals surface area contributed by atoms with Crippen LogP contribution in [0.5, 0.6) is 11.5 Å². The minimum absolute atomic E-state index is 0.348. The van der Waals surface area contributed by atoms with Gasteiger partial charge in [0.05, 0.1) is 13.2 Å². The van der Waals surface area contributed by atoms with Crippen LogP contribution in [0.3, 0.4) is 0 Å². The summed E-state index contributed by atoms with van der Waals surface area (Å²) in [6, 6.07) is 7.88. The first kappa shape index (κ1) is 16.4. The average molecular weight is 329 g/mol.